The first-order valence-electron chi connectivity index (χ1n) is 4.27. The SMILES string of the molecule is C=CC/C=C\c1cc(Cl)ccc1C. The van der Waals surface area contributed by atoms with Crippen LogP contribution in [0.1, 0.15) is 17.5 Å². The van der Waals surface area contributed by atoms with Gasteiger partial charge in [-0.05, 0) is 36.6 Å². The van der Waals surface area contributed by atoms with Crippen LogP contribution >= 0.6 is 11.6 Å². The van der Waals surface area contributed by atoms with Crippen LogP contribution < -0.4 is 0 Å². The Bertz CT molecular complexity index is 324. The molecule has 0 N–H and O–H groups in total. The highest BCUT2D eigenvalue weighted by Gasteiger charge is 1.94. The first-order valence-corrected chi connectivity index (χ1v) is 4.65. The summed E-state index contributed by atoms with van der Waals surface area (Å²) in [5.41, 5.74) is 2.42. The second kappa shape index (κ2) is 4.88. The molecule has 0 aromatic heterocycles. The van der Waals surface area contributed by atoms with E-state index in [-0.39, 0.29) is 0 Å². The normalized spacial score (nSPS) is 10.6. The second-order valence-electron chi connectivity index (χ2n) is 2.93. The largest absolute Gasteiger partial charge is 0.103 e. The van der Waals surface area contributed by atoms with Gasteiger partial charge in [0.05, 0.1) is 0 Å². The van der Waals surface area contributed by atoms with Crippen LogP contribution in [0.25, 0.3) is 6.08 Å². The van der Waals surface area contributed by atoms with E-state index in [2.05, 4.69) is 25.7 Å². The summed E-state index contributed by atoms with van der Waals surface area (Å²) < 4.78 is 0. The molecule has 0 radical (unpaired) electrons. The Morgan fingerprint density at radius 3 is 2.92 bits per heavy atom. The molecule has 0 aliphatic heterocycles. The van der Waals surface area contributed by atoms with Crippen molar-refractivity contribution in [3.63, 3.8) is 0 Å². The average Bonchev–Trinajstić information content (AvgIpc) is 2.11. The average molecular weight is 193 g/mol. The molecule has 0 fully saturated rings. The van der Waals surface area contributed by atoms with Crippen molar-refractivity contribution in [1.82, 2.24) is 0 Å². The van der Waals surface area contributed by atoms with Crippen molar-refractivity contribution in [2.24, 2.45) is 0 Å². The van der Waals surface area contributed by atoms with Gasteiger partial charge >= 0.3 is 0 Å². The summed E-state index contributed by atoms with van der Waals surface area (Å²) in [6.45, 7) is 5.73. The van der Waals surface area contributed by atoms with Crippen molar-refractivity contribution >= 4 is 17.7 Å². The lowest BCUT2D eigenvalue weighted by atomic mass is 10.1. The molecular formula is C12H13Cl. The van der Waals surface area contributed by atoms with Gasteiger partial charge in [-0.1, -0.05) is 35.9 Å². The quantitative estimate of drug-likeness (QED) is 0.629. The van der Waals surface area contributed by atoms with Crippen molar-refractivity contribution in [2.45, 2.75) is 13.3 Å². The van der Waals surface area contributed by atoms with Crippen molar-refractivity contribution in [1.29, 1.82) is 0 Å². The molecule has 0 atom stereocenters. The molecule has 0 unspecified atom stereocenters. The lowest BCUT2D eigenvalue weighted by Crippen LogP contribution is -1.79. The summed E-state index contributed by atoms with van der Waals surface area (Å²) in [6, 6.07) is 5.90. The van der Waals surface area contributed by atoms with Crippen molar-refractivity contribution < 1.29 is 0 Å². The third kappa shape index (κ3) is 3.08. The molecule has 68 valence electrons. The van der Waals surface area contributed by atoms with E-state index in [0.29, 0.717) is 0 Å². The van der Waals surface area contributed by atoms with Gasteiger partial charge in [-0.3, -0.25) is 0 Å². The maximum atomic E-state index is 5.88. The van der Waals surface area contributed by atoms with Crippen LogP contribution in [0, 0.1) is 6.92 Å². The predicted octanol–water partition coefficient (Wildman–Crippen LogP) is 4.24. The summed E-state index contributed by atoms with van der Waals surface area (Å²) in [4.78, 5) is 0. The van der Waals surface area contributed by atoms with Crippen LogP contribution in [0.15, 0.2) is 36.9 Å². The number of hydrogen-bond donors (Lipinski definition) is 0. The highest BCUT2D eigenvalue weighted by atomic mass is 35.5. The van der Waals surface area contributed by atoms with E-state index in [1.807, 2.05) is 24.3 Å². The molecule has 0 spiro atoms. The zero-order valence-electron chi connectivity index (χ0n) is 7.76. The molecule has 1 heteroatoms. The highest BCUT2D eigenvalue weighted by molar-refractivity contribution is 6.30. The standard InChI is InChI=1S/C12H13Cl/c1-3-4-5-6-11-9-12(13)8-7-10(11)2/h3,5-9H,1,4H2,2H3/b6-5-. The molecule has 0 aliphatic rings. The molecule has 0 aliphatic carbocycles. The van der Waals surface area contributed by atoms with E-state index in [1.165, 1.54) is 11.1 Å². The lowest BCUT2D eigenvalue weighted by Gasteiger charge is -1.99. The molecule has 0 heterocycles. The first kappa shape index (κ1) is 10.1. The summed E-state index contributed by atoms with van der Waals surface area (Å²) >= 11 is 5.88. The molecule has 1 aromatic carbocycles. The molecular weight excluding hydrogens is 180 g/mol. The van der Waals surface area contributed by atoms with E-state index in [1.54, 1.807) is 0 Å². The predicted molar refractivity (Wildman–Crippen MR) is 60.0 cm³/mol. The fourth-order valence-electron chi connectivity index (χ4n) is 1.08. The summed E-state index contributed by atoms with van der Waals surface area (Å²) in [5.74, 6) is 0. The fraction of sp³-hybridized carbons (Fsp3) is 0.167. The van der Waals surface area contributed by atoms with Gasteiger partial charge in [0, 0.05) is 5.02 Å². The second-order valence-corrected chi connectivity index (χ2v) is 3.36. The minimum atomic E-state index is 0.781. The maximum Gasteiger partial charge on any atom is 0.0412 e. The van der Waals surface area contributed by atoms with Crippen molar-refractivity contribution in [2.75, 3.05) is 0 Å². The van der Waals surface area contributed by atoms with Crippen LogP contribution in [-0.4, -0.2) is 0 Å². The Labute approximate surface area is 84.5 Å². The van der Waals surface area contributed by atoms with Gasteiger partial charge in [0.2, 0.25) is 0 Å². The van der Waals surface area contributed by atoms with E-state index in [0.717, 1.165) is 11.4 Å². The van der Waals surface area contributed by atoms with Crippen LogP contribution in [0.2, 0.25) is 5.02 Å². The van der Waals surface area contributed by atoms with Gasteiger partial charge in [-0.2, -0.15) is 0 Å². The molecule has 0 nitrogen and oxygen atoms in total. The number of benzene rings is 1. The smallest absolute Gasteiger partial charge is 0.0412 e. The van der Waals surface area contributed by atoms with Crippen LogP contribution in [0.3, 0.4) is 0 Å². The van der Waals surface area contributed by atoms with E-state index in [4.69, 9.17) is 11.6 Å². The number of hydrogen-bond acceptors (Lipinski definition) is 0. The first-order chi connectivity index (χ1) is 6.24. The Morgan fingerprint density at radius 2 is 2.23 bits per heavy atom. The zero-order valence-corrected chi connectivity index (χ0v) is 8.51. The van der Waals surface area contributed by atoms with Crippen LogP contribution in [-0.2, 0) is 0 Å². The Morgan fingerprint density at radius 1 is 1.46 bits per heavy atom. The highest BCUT2D eigenvalue weighted by Crippen LogP contribution is 2.16. The van der Waals surface area contributed by atoms with Crippen molar-refractivity contribution in [3.05, 3.63) is 53.1 Å². The van der Waals surface area contributed by atoms with Crippen molar-refractivity contribution in [3.8, 4) is 0 Å². The fourth-order valence-corrected chi connectivity index (χ4v) is 1.26. The number of halogens is 1. The van der Waals surface area contributed by atoms with E-state index < -0.39 is 0 Å². The van der Waals surface area contributed by atoms with Gasteiger partial charge in [-0.25, -0.2) is 0 Å². The molecule has 0 saturated heterocycles. The van der Waals surface area contributed by atoms with Gasteiger partial charge in [0.1, 0.15) is 0 Å². The molecule has 1 aromatic rings. The summed E-state index contributed by atoms with van der Waals surface area (Å²) in [5, 5.41) is 0.781. The topological polar surface area (TPSA) is 0 Å². The Hall–Kier alpha value is -1.01. The van der Waals surface area contributed by atoms with E-state index >= 15 is 0 Å². The molecule has 0 bridgehead atoms. The zero-order chi connectivity index (χ0) is 9.68. The number of rotatable bonds is 3. The minimum Gasteiger partial charge on any atom is -0.103 e. The van der Waals surface area contributed by atoms with Crippen LogP contribution in [0.5, 0.6) is 0 Å². The monoisotopic (exact) mass is 192 g/mol. The Kier molecular flexibility index (Phi) is 3.78. The maximum absolute atomic E-state index is 5.88. The summed E-state index contributed by atoms with van der Waals surface area (Å²) in [7, 11) is 0. The number of aryl methyl sites for hydroxylation is 1. The minimum absolute atomic E-state index is 0.781. The lowest BCUT2D eigenvalue weighted by molar-refractivity contribution is 1.40. The van der Waals surface area contributed by atoms with Crippen LogP contribution in [0.4, 0.5) is 0 Å². The molecule has 0 amide bonds. The van der Waals surface area contributed by atoms with Gasteiger partial charge in [-0.15, -0.1) is 6.58 Å². The number of allylic oxidation sites excluding steroid dienone is 2. The van der Waals surface area contributed by atoms with Gasteiger partial charge in [0.25, 0.3) is 0 Å². The third-order valence-electron chi connectivity index (χ3n) is 1.84. The molecule has 13 heavy (non-hydrogen) atoms. The third-order valence-corrected chi connectivity index (χ3v) is 2.08. The molecule has 1 rings (SSSR count). The van der Waals surface area contributed by atoms with Gasteiger partial charge < -0.3 is 0 Å². The summed E-state index contributed by atoms with van der Waals surface area (Å²) in [6.07, 6.45) is 6.91. The molecule has 0 saturated carbocycles. The Balaban J connectivity index is 2.86. The van der Waals surface area contributed by atoms with Gasteiger partial charge in [0.15, 0.2) is 0 Å². The van der Waals surface area contributed by atoms with E-state index in [9.17, 15) is 0 Å².